The molecule has 1 aliphatic heterocycles. The Balaban J connectivity index is 1.90. The molecule has 0 fully saturated rings. The Bertz CT molecular complexity index is 973. The highest BCUT2D eigenvalue weighted by atomic mass is 35.5. The van der Waals surface area contributed by atoms with Crippen LogP contribution < -0.4 is 0 Å². The van der Waals surface area contributed by atoms with Crippen LogP contribution in [-0.2, 0) is 0 Å². The van der Waals surface area contributed by atoms with E-state index in [2.05, 4.69) is 0 Å². The van der Waals surface area contributed by atoms with Crippen LogP contribution in [0.1, 0.15) is 30.6 Å². The van der Waals surface area contributed by atoms with Crippen molar-refractivity contribution in [1.29, 1.82) is 0 Å². The highest BCUT2D eigenvalue weighted by Crippen LogP contribution is 2.42. The zero-order chi connectivity index (χ0) is 17.6. The number of benzene rings is 2. The number of aromatic nitrogens is 2. The summed E-state index contributed by atoms with van der Waals surface area (Å²) in [6.45, 7) is 4.01. The quantitative estimate of drug-likeness (QED) is 0.680. The fourth-order valence-electron chi connectivity index (χ4n) is 3.42. The molecule has 25 heavy (non-hydrogen) atoms. The summed E-state index contributed by atoms with van der Waals surface area (Å²) in [4.78, 5) is 4.77. The van der Waals surface area contributed by atoms with Crippen molar-refractivity contribution in [2.24, 2.45) is 4.99 Å². The summed E-state index contributed by atoms with van der Waals surface area (Å²) in [6, 6.07) is 15.1. The van der Waals surface area contributed by atoms with Gasteiger partial charge >= 0.3 is 0 Å². The molecule has 5 heteroatoms. The van der Waals surface area contributed by atoms with E-state index in [1.54, 1.807) is 6.07 Å². The molecule has 4 nitrogen and oxygen atoms in total. The van der Waals surface area contributed by atoms with E-state index in [0.29, 0.717) is 5.02 Å². The van der Waals surface area contributed by atoms with Gasteiger partial charge in [-0.3, -0.25) is 0 Å². The average Bonchev–Trinajstić information content (AvgIpc) is 2.91. The topological polar surface area (TPSA) is 50.4 Å². The second kappa shape index (κ2) is 6.05. The molecule has 1 atom stereocenters. The number of halogens is 1. The highest BCUT2D eigenvalue weighted by Gasteiger charge is 2.29. The molecule has 0 saturated heterocycles. The summed E-state index contributed by atoms with van der Waals surface area (Å²) < 4.78 is 1.93. The predicted molar refractivity (Wildman–Crippen MR) is 101 cm³/mol. The summed E-state index contributed by atoms with van der Waals surface area (Å²) in [5.74, 6) is 1.12. The Labute approximate surface area is 151 Å². The molecule has 0 aliphatic carbocycles. The molecule has 126 valence electrons. The molecular weight excluding hydrogens is 334 g/mol. The van der Waals surface area contributed by atoms with Crippen LogP contribution in [0.15, 0.2) is 53.5 Å². The molecule has 2 heterocycles. The Morgan fingerprint density at radius 2 is 1.80 bits per heavy atom. The Morgan fingerprint density at radius 3 is 2.52 bits per heavy atom. The number of hydrogen-bond acceptors (Lipinski definition) is 3. The maximum absolute atomic E-state index is 10.3. The first-order valence-corrected chi connectivity index (χ1v) is 8.59. The van der Waals surface area contributed by atoms with E-state index in [0.717, 1.165) is 40.3 Å². The minimum atomic E-state index is -0.0616. The van der Waals surface area contributed by atoms with Crippen molar-refractivity contribution < 1.29 is 5.11 Å². The lowest BCUT2D eigenvalue weighted by Gasteiger charge is -2.24. The van der Waals surface area contributed by atoms with Crippen molar-refractivity contribution in [2.75, 3.05) is 0 Å². The molecule has 1 aliphatic rings. The van der Waals surface area contributed by atoms with Crippen LogP contribution in [0.2, 0.25) is 5.02 Å². The minimum Gasteiger partial charge on any atom is -0.508 e. The van der Waals surface area contributed by atoms with Crippen molar-refractivity contribution in [3.05, 3.63) is 64.8 Å². The summed E-state index contributed by atoms with van der Waals surface area (Å²) in [6.07, 6.45) is 0.728. The van der Waals surface area contributed by atoms with Gasteiger partial charge in [0.05, 0.1) is 11.7 Å². The molecule has 0 saturated carbocycles. The monoisotopic (exact) mass is 351 g/mol. The van der Waals surface area contributed by atoms with Crippen LogP contribution in [0.25, 0.3) is 11.1 Å². The zero-order valence-electron chi connectivity index (χ0n) is 14.1. The van der Waals surface area contributed by atoms with Gasteiger partial charge in [-0.15, -0.1) is 0 Å². The number of aryl methyl sites for hydroxylation is 1. The molecule has 1 N–H and O–H groups in total. The second-order valence-electron chi connectivity index (χ2n) is 6.36. The number of phenolic OH excluding ortho intramolecular Hbond substituents is 1. The summed E-state index contributed by atoms with van der Waals surface area (Å²) >= 11 is 6.02. The molecule has 1 unspecified atom stereocenters. The molecular formula is C20H18ClN3O. The fourth-order valence-corrected chi connectivity index (χ4v) is 3.54. The largest absolute Gasteiger partial charge is 0.508 e. The summed E-state index contributed by atoms with van der Waals surface area (Å²) in [7, 11) is 0. The number of nitrogens with zero attached hydrogens (tertiary/aromatic N) is 3. The molecule has 0 spiro atoms. The standard InChI is InChI=1S/C20H18ClN3O/c1-12-11-17(16-5-3-4-6-18(16)25)24-20(22-12)19(13(2)23-24)14-7-9-15(21)10-8-14/h3-10,17,25H,11H2,1-2H3. The van der Waals surface area contributed by atoms with Gasteiger partial charge in [0.2, 0.25) is 0 Å². The smallest absolute Gasteiger partial charge is 0.159 e. The predicted octanol–water partition coefficient (Wildman–Crippen LogP) is 5.30. The van der Waals surface area contributed by atoms with Crippen molar-refractivity contribution in [3.8, 4) is 16.9 Å². The minimum absolute atomic E-state index is 0.0616. The molecule has 0 radical (unpaired) electrons. The summed E-state index contributed by atoms with van der Waals surface area (Å²) in [5, 5.41) is 15.8. The van der Waals surface area contributed by atoms with E-state index in [-0.39, 0.29) is 11.8 Å². The molecule has 0 bridgehead atoms. The summed E-state index contributed by atoms with van der Waals surface area (Å²) in [5.41, 5.74) is 4.85. The van der Waals surface area contributed by atoms with Crippen molar-refractivity contribution >= 4 is 23.1 Å². The lowest BCUT2D eigenvalue weighted by atomic mass is 9.98. The third-order valence-corrected chi connectivity index (χ3v) is 4.82. The number of phenols is 1. The molecule has 3 aromatic rings. The van der Waals surface area contributed by atoms with E-state index in [9.17, 15) is 5.11 Å². The van der Waals surface area contributed by atoms with Gasteiger partial charge in [-0.25, -0.2) is 9.67 Å². The Kier molecular flexibility index (Phi) is 3.85. The van der Waals surface area contributed by atoms with Crippen LogP contribution in [0.4, 0.5) is 5.82 Å². The lowest BCUT2D eigenvalue weighted by Crippen LogP contribution is -2.19. The maximum Gasteiger partial charge on any atom is 0.159 e. The normalized spacial score (nSPS) is 16.4. The molecule has 0 amide bonds. The van der Waals surface area contributed by atoms with Gasteiger partial charge in [0, 0.05) is 28.3 Å². The van der Waals surface area contributed by atoms with Crippen LogP contribution in [-0.4, -0.2) is 20.6 Å². The number of aromatic hydroxyl groups is 1. The van der Waals surface area contributed by atoms with Crippen molar-refractivity contribution in [2.45, 2.75) is 26.3 Å². The van der Waals surface area contributed by atoms with Crippen LogP contribution in [0, 0.1) is 6.92 Å². The average molecular weight is 352 g/mol. The fraction of sp³-hybridized carbons (Fsp3) is 0.200. The number of hydrogen-bond donors (Lipinski definition) is 1. The molecule has 2 aromatic carbocycles. The third-order valence-electron chi connectivity index (χ3n) is 4.57. The van der Waals surface area contributed by atoms with Crippen LogP contribution in [0.3, 0.4) is 0 Å². The first kappa shape index (κ1) is 15.9. The zero-order valence-corrected chi connectivity index (χ0v) is 14.8. The van der Waals surface area contributed by atoms with E-state index in [4.69, 9.17) is 21.7 Å². The number of aliphatic imine (C=N–C) groups is 1. The Hall–Kier alpha value is -2.59. The number of fused-ring (bicyclic) bond motifs is 1. The van der Waals surface area contributed by atoms with Crippen LogP contribution in [0.5, 0.6) is 5.75 Å². The SMILES string of the molecule is CC1=Nc2c(-c3ccc(Cl)cc3)c(C)nn2C(c2ccccc2O)C1. The van der Waals surface area contributed by atoms with Gasteiger partial charge in [-0.2, -0.15) is 5.10 Å². The van der Waals surface area contributed by atoms with E-state index < -0.39 is 0 Å². The maximum atomic E-state index is 10.3. The Morgan fingerprint density at radius 1 is 1.08 bits per heavy atom. The van der Waals surface area contributed by atoms with E-state index in [1.165, 1.54) is 0 Å². The molecule has 1 aromatic heterocycles. The van der Waals surface area contributed by atoms with Gasteiger partial charge < -0.3 is 5.11 Å². The van der Waals surface area contributed by atoms with E-state index >= 15 is 0 Å². The second-order valence-corrected chi connectivity index (χ2v) is 6.80. The number of rotatable bonds is 2. The third kappa shape index (κ3) is 2.72. The first-order chi connectivity index (χ1) is 12.0. The van der Waals surface area contributed by atoms with Crippen LogP contribution >= 0.6 is 11.6 Å². The molecule has 4 rings (SSSR count). The van der Waals surface area contributed by atoms with Gasteiger partial charge in [0.1, 0.15) is 5.75 Å². The van der Waals surface area contributed by atoms with Gasteiger partial charge in [-0.1, -0.05) is 41.9 Å². The highest BCUT2D eigenvalue weighted by molar-refractivity contribution is 6.30. The van der Waals surface area contributed by atoms with Gasteiger partial charge in [-0.05, 0) is 37.6 Å². The first-order valence-electron chi connectivity index (χ1n) is 8.21. The van der Waals surface area contributed by atoms with Gasteiger partial charge in [0.25, 0.3) is 0 Å². The van der Waals surface area contributed by atoms with Gasteiger partial charge in [0.15, 0.2) is 5.82 Å². The van der Waals surface area contributed by atoms with E-state index in [1.807, 2.05) is 61.0 Å². The lowest BCUT2D eigenvalue weighted by molar-refractivity contribution is 0.443. The van der Waals surface area contributed by atoms with Crippen molar-refractivity contribution in [3.63, 3.8) is 0 Å². The number of para-hydroxylation sites is 1. The van der Waals surface area contributed by atoms with Crippen molar-refractivity contribution in [1.82, 2.24) is 9.78 Å².